The maximum atomic E-state index is 13.7. The Morgan fingerprint density at radius 2 is 1.10 bits per heavy atom. The summed E-state index contributed by atoms with van der Waals surface area (Å²) in [5.41, 5.74) is 2.12. The fourth-order valence-corrected chi connectivity index (χ4v) is 6.74. The highest BCUT2D eigenvalue weighted by atomic mass is 16.4. The van der Waals surface area contributed by atoms with Gasteiger partial charge in [0.1, 0.15) is 30.2 Å². The number of nitrogens with one attached hydrogen (secondary N) is 6. The molecule has 2 aromatic rings. The second kappa shape index (κ2) is 25.9. The minimum Gasteiger partial charge on any atom is -0.481 e. The molecule has 0 heterocycles. The Balaban J connectivity index is 2.11. The van der Waals surface area contributed by atoms with E-state index in [1.165, 1.54) is 6.92 Å². The normalized spacial score (nSPS) is 14.7. The maximum Gasteiger partial charge on any atom is 0.326 e. The molecule has 0 saturated heterocycles. The molecule has 2 rings (SSSR count). The molecule has 0 unspecified atom stereocenters. The Bertz CT molecular complexity index is 1850. The quantitative estimate of drug-likeness (QED) is 0.0663. The molecule has 348 valence electrons. The number of rotatable bonds is 26. The highest BCUT2D eigenvalue weighted by molar-refractivity contribution is 5.96. The van der Waals surface area contributed by atoms with Crippen LogP contribution in [0.15, 0.2) is 54.6 Å². The van der Waals surface area contributed by atoms with Crippen LogP contribution in [0.25, 0.3) is 0 Å². The largest absolute Gasteiger partial charge is 0.481 e. The highest BCUT2D eigenvalue weighted by Crippen LogP contribution is 2.16. The Morgan fingerprint density at radius 1 is 0.556 bits per heavy atom. The van der Waals surface area contributed by atoms with Gasteiger partial charge >= 0.3 is 11.9 Å². The van der Waals surface area contributed by atoms with Crippen LogP contribution in [0.4, 0.5) is 0 Å². The van der Waals surface area contributed by atoms with Gasteiger partial charge in [0.25, 0.3) is 5.91 Å². The van der Waals surface area contributed by atoms with Gasteiger partial charge in [0.05, 0.1) is 18.6 Å². The molecule has 0 aliphatic rings. The van der Waals surface area contributed by atoms with E-state index in [-0.39, 0.29) is 18.8 Å². The van der Waals surface area contributed by atoms with Crippen molar-refractivity contribution in [2.45, 2.75) is 143 Å². The van der Waals surface area contributed by atoms with Crippen molar-refractivity contribution < 1.29 is 53.7 Å². The fraction of sp³-hybridized carbons (Fsp3) is 0.565. The second-order valence-electron chi connectivity index (χ2n) is 17.6. The molecule has 0 saturated carbocycles. The molecule has 2 aromatic carbocycles. The van der Waals surface area contributed by atoms with Gasteiger partial charge < -0.3 is 47.2 Å². The minimum atomic E-state index is -1.47. The molecule has 0 bridgehead atoms. The van der Waals surface area contributed by atoms with E-state index >= 15 is 0 Å². The molecule has 6 amide bonds. The first-order valence-electron chi connectivity index (χ1n) is 21.6. The number of aliphatic hydroxyl groups excluding tert-OH is 1. The van der Waals surface area contributed by atoms with Crippen LogP contribution in [-0.4, -0.2) is 105 Å². The molecule has 0 fully saturated rings. The number of benzene rings is 2. The minimum absolute atomic E-state index is 0.0585. The summed E-state index contributed by atoms with van der Waals surface area (Å²) in [5, 5.41) is 45.7. The number of hydrogen-bond acceptors (Lipinski definition) is 9. The molecule has 9 N–H and O–H groups in total. The van der Waals surface area contributed by atoms with Crippen LogP contribution in [0.3, 0.4) is 0 Å². The van der Waals surface area contributed by atoms with Gasteiger partial charge in [-0.25, -0.2) is 4.79 Å². The Kier molecular flexibility index (Phi) is 21.9. The average Bonchev–Trinajstić information content (AvgIpc) is 3.19. The van der Waals surface area contributed by atoms with E-state index in [9.17, 15) is 53.7 Å². The summed E-state index contributed by atoms with van der Waals surface area (Å²) < 4.78 is 0. The van der Waals surface area contributed by atoms with Gasteiger partial charge in [0.2, 0.25) is 29.5 Å². The van der Waals surface area contributed by atoms with Gasteiger partial charge in [0.15, 0.2) is 0 Å². The monoisotopic (exact) mass is 880 g/mol. The Hall–Kier alpha value is -5.84. The molecule has 0 radical (unpaired) electrons. The Labute approximate surface area is 370 Å². The van der Waals surface area contributed by atoms with Gasteiger partial charge in [-0.3, -0.25) is 33.6 Å². The summed E-state index contributed by atoms with van der Waals surface area (Å²) in [6, 6.07) is 8.43. The number of carboxylic acid groups (broad SMARTS) is 2. The van der Waals surface area contributed by atoms with E-state index in [1.807, 2.05) is 26.0 Å². The maximum absolute atomic E-state index is 13.7. The highest BCUT2D eigenvalue weighted by Gasteiger charge is 2.34. The van der Waals surface area contributed by atoms with E-state index in [2.05, 4.69) is 45.7 Å². The van der Waals surface area contributed by atoms with Crippen molar-refractivity contribution in [3.63, 3.8) is 0 Å². The zero-order chi connectivity index (χ0) is 47.6. The lowest BCUT2D eigenvalue weighted by molar-refractivity contribution is -0.143. The van der Waals surface area contributed by atoms with Crippen LogP contribution in [0.1, 0.15) is 109 Å². The van der Waals surface area contributed by atoms with E-state index in [0.29, 0.717) is 23.5 Å². The molecule has 17 nitrogen and oxygen atoms in total. The first-order valence-corrected chi connectivity index (χ1v) is 21.6. The molecular weight excluding hydrogens is 813 g/mol. The fourth-order valence-electron chi connectivity index (χ4n) is 6.74. The number of aliphatic hydroxyl groups is 1. The summed E-state index contributed by atoms with van der Waals surface area (Å²) in [4.78, 5) is 104. The second-order valence-corrected chi connectivity index (χ2v) is 17.6. The van der Waals surface area contributed by atoms with Crippen molar-refractivity contribution in [2.24, 2.45) is 23.7 Å². The van der Waals surface area contributed by atoms with Gasteiger partial charge in [-0.1, -0.05) is 97.9 Å². The predicted molar refractivity (Wildman–Crippen MR) is 236 cm³/mol. The number of aliphatic carboxylic acids is 2. The summed E-state index contributed by atoms with van der Waals surface area (Å²) in [7, 11) is 0. The standard InChI is InChI=1S/C46H68N6O11/c1-25(2)21-31-15-17-32(18-16-31)42(58)49-34(22-26(3)4)36(53)24-37(54)51-39(27(5)6)45(61)52-40(28(7)8)44(60)47-29(9)41(57)48-33(19-20-38(55)56)43(59)50-35(46(62)63)23-30-13-11-10-12-14-30/h10-18,25-29,33-36,39-40,53H,19-24H2,1-9H3,(H,47,60)(H,48,57)(H,49,58)(H,50,59)(H,51,54)(H,52,61)(H,55,56)(H,62,63)/t29-,33-,34-,35-,36-,39-,40-/m0/s1. The van der Waals surface area contributed by atoms with Crippen LogP contribution >= 0.6 is 0 Å². The van der Waals surface area contributed by atoms with Crippen LogP contribution < -0.4 is 31.9 Å². The number of hydrogen-bond donors (Lipinski definition) is 9. The van der Waals surface area contributed by atoms with E-state index in [4.69, 9.17) is 0 Å². The smallest absolute Gasteiger partial charge is 0.326 e. The number of amides is 6. The van der Waals surface area contributed by atoms with Crippen LogP contribution in [0, 0.1) is 23.7 Å². The van der Waals surface area contributed by atoms with Crippen molar-refractivity contribution in [2.75, 3.05) is 0 Å². The lowest BCUT2D eigenvalue weighted by atomic mass is 9.95. The Morgan fingerprint density at radius 3 is 1.62 bits per heavy atom. The lowest BCUT2D eigenvalue weighted by Crippen LogP contribution is -2.60. The zero-order valence-corrected chi connectivity index (χ0v) is 37.9. The summed E-state index contributed by atoms with van der Waals surface area (Å²) >= 11 is 0. The van der Waals surface area contributed by atoms with Crippen molar-refractivity contribution in [3.8, 4) is 0 Å². The van der Waals surface area contributed by atoms with E-state index in [1.54, 1.807) is 70.2 Å². The molecule has 0 aliphatic heterocycles. The third-order valence-electron chi connectivity index (χ3n) is 10.2. The molecule has 17 heteroatoms. The summed E-state index contributed by atoms with van der Waals surface area (Å²) in [6.45, 7) is 16.0. The summed E-state index contributed by atoms with van der Waals surface area (Å²) in [6.07, 6.45) is -1.48. The predicted octanol–water partition coefficient (Wildman–Crippen LogP) is 2.73. The summed E-state index contributed by atoms with van der Waals surface area (Å²) in [5.74, 6) is -7.44. The van der Waals surface area contributed by atoms with Gasteiger partial charge in [-0.15, -0.1) is 0 Å². The van der Waals surface area contributed by atoms with Gasteiger partial charge in [-0.05, 0) is 73.1 Å². The molecule has 0 spiro atoms. The van der Waals surface area contributed by atoms with Crippen LogP contribution in [-0.2, 0) is 46.4 Å². The van der Waals surface area contributed by atoms with Gasteiger partial charge in [-0.2, -0.15) is 0 Å². The van der Waals surface area contributed by atoms with Crippen LogP contribution in [0.5, 0.6) is 0 Å². The van der Waals surface area contributed by atoms with Crippen molar-refractivity contribution >= 4 is 47.4 Å². The molecule has 0 aromatic heterocycles. The van der Waals surface area contributed by atoms with Crippen molar-refractivity contribution in [1.29, 1.82) is 0 Å². The third kappa shape index (κ3) is 19.0. The van der Waals surface area contributed by atoms with Crippen LogP contribution in [0.2, 0.25) is 0 Å². The number of carbonyl (C=O) groups excluding carboxylic acids is 6. The molecule has 7 atom stereocenters. The molecule has 63 heavy (non-hydrogen) atoms. The first kappa shape index (κ1) is 53.3. The third-order valence-corrected chi connectivity index (χ3v) is 10.2. The zero-order valence-electron chi connectivity index (χ0n) is 37.9. The SMILES string of the molecule is CC(C)Cc1ccc(C(=O)N[C@@H](CC(C)C)[C@@H](O)CC(=O)N[C@H](C(=O)N[C@H](C(=O)N[C@@H](C)C(=O)N[C@@H](CCC(=O)O)C(=O)N[C@@H](Cc2ccccc2)C(=O)O)C(C)C)C(C)C)cc1. The van der Waals surface area contributed by atoms with Crippen molar-refractivity contribution in [3.05, 3.63) is 71.3 Å². The van der Waals surface area contributed by atoms with Gasteiger partial charge in [0, 0.05) is 18.4 Å². The number of carbonyl (C=O) groups is 8. The van der Waals surface area contributed by atoms with E-state index < -0.39 is 114 Å². The first-order chi connectivity index (χ1) is 29.5. The lowest BCUT2D eigenvalue weighted by Gasteiger charge is -2.29. The molecular formula is C46H68N6O11. The van der Waals surface area contributed by atoms with E-state index in [0.717, 1.165) is 12.0 Å². The topological polar surface area (TPSA) is 269 Å². The average molecular weight is 881 g/mol. The van der Waals surface area contributed by atoms with Crippen molar-refractivity contribution in [1.82, 2.24) is 31.9 Å². The molecule has 0 aliphatic carbocycles. The number of carboxylic acids is 2.